The summed E-state index contributed by atoms with van der Waals surface area (Å²) >= 11 is 0. The SMILES string of the molecule is COc1ccc(CN(Cc2ccccc2)Cc2ccc(C(=O)NC3CCN(Cc4ccccc4)CC3)o2)cc1OC. The van der Waals surface area contributed by atoms with Crippen LogP contribution in [0.15, 0.2) is 95.4 Å². The Morgan fingerprint density at radius 1 is 0.805 bits per heavy atom. The minimum atomic E-state index is -0.146. The molecule has 0 atom stereocenters. The third-order valence-electron chi connectivity index (χ3n) is 7.54. The Morgan fingerprint density at radius 2 is 1.46 bits per heavy atom. The molecule has 0 spiro atoms. The number of hydrogen-bond donors (Lipinski definition) is 1. The number of carbonyl (C=O) groups excluding carboxylic acids is 1. The van der Waals surface area contributed by atoms with E-state index in [1.165, 1.54) is 11.1 Å². The Bertz CT molecular complexity index is 1380. The van der Waals surface area contributed by atoms with Gasteiger partial charge in [-0.2, -0.15) is 0 Å². The van der Waals surface area contributed by atoms with E-state index >= 15 is 0 Å². The average molecular weight is 554 g/mol. The van der Waals surface area contributed by atoms with Gasteiger partial charge in [-0.15, -0.1) is 0 Å². The largest absolute Gasteiger partial charge is 0.493 e. The Morgan fingerprint density at radius 3 is 2.15 bits per heavy atom. The van der Waals surface area contributed by atoms with Crippen LogP contribution >= 0.6 is 0 Å². The summed E-state index contributed by atoms with van der Waals surface area (Å²) in [6.07, 6.45) is 1.87. The highest BCUT2D eigenvalue weighted by molar-refractivity contribution is 5.91. The zero-order valence-electron chi connectivity index (χ0n) is 23.9. The molecule has 1 amide bonds. The number of nitrogens with zero attached hydrogens (tertiary/aromatic N) is 2. The van der Waals surface area contributed by atoms with Crippen LogP contribution in [0.2, 0.25) is 0 Å². The van der Waals surface area contributed by atoms with E-state index in [-0.39, 0.29) is 11.9 Å². The molecule has 1 saturated heterocycles. The highest BCUT2D eigenvalue weighted by Crippen LogP contribution is 2.28. The molecule has 1 aliphatic heterocycles. The van der Waals surface area contributed by atoms with Crippen LogP contribution in [0, 0.1) is 0 Å². The number of methoxy groups -OCH3 is 2. The Balaban J connectivity index is 1.19. The fourth-order valence-corrected chi connectivity index (χ4v) is 5.39. The lowest BCUT2D eigenvalue weighted by Gasteiger charge is -2.32. The van der Waals surface area contributed by atoms with Gasteiger partial charge in [0.05, 0.1) is 20.8 Å². The number of ether oxygens (including phenoxy) is 2. The molecular formula is C34H39N3O4. The van der Waals surface area contributed by atoms with Gasteiger partial charge in [-0.1, -0.05) is 66.7 Å². The monoisotopic (exact) mass is 553 g/mol. The number of hydrogen-bond acceptors (Lipinski definition) is 6. The smallest absolute Gasteiger partial charge is 0.287 e. The molecule has 1 aromatic heterocycles. The van der Waals surface area contributed by atoms with Crippen molar-refractivity contribution in [3.63, 3.8) is 0 Å². The van der Waals surface area contributed by atoms with Crippen molar-refractivity contribution < 1.29 is 18.7 Å². The maximum Gasteiger partial charge on any atom is 0.287 e. The predicted molar refractivity (Wildman–Crippen MR) is 160 cm³/mol. The lowest BCUT2D eigenvalue weighted by molar-refractivity contribution is 0.0876. The second-order valence-electron chi connectivity index (χ2n) is 10.6. The van der Waals surface area contributed by atoms with Crippen molar-refractivity contribution in [2.45, 2.75) is 45.1 Å². The van der Waals surface area contributed by atoms with E-state index in [0.717, 1.165) is 50.3 Å². The lowest BCUT2D eigenvalue weighted by Crippen LogP contribution is -2.44. The second kappa shape index (κ2) is 14.0. The van der Waals surface area contributed by atoms with E-state index < -0.39 is 0 Å². The molecule has 7 heteroatoms. The van der Waals surface area contributed by atoms with Crippen LogP contribution in [0.4, 0.5) is 0 Å². The van der Waals surface area contributed by atoms with Gasteiger partial charge < -0.3 is 19.2 Å². The summed E-state index contributed by atoms with van der Waals surface area (Å²) in [6, 6.07) is 30.7. The lowest BCUT2D eigenvalue weighted by atomic mass is 10.0. The summed E-state index contributed by atoms with van der Waals surface area (Å²) in [7, 11) is 3.28. The van der Waals surface area contributed by atoms with Gasteiger partial charge in [-0.3, -0.25) is 14.6 Å². The first-order valence-electron chi connectivity index (χ1n) is 14.2. The second-order valence-corrected chi connectivity index (χ2v) is 10.6. The molecule has 214 valence electrons. The first-order valence-corrected chi connectivity index (χ1v) is 14.2. The molecule has 0 aliphatic carbocycles. The van der Waals surface area contributed by atoms with Crippen LogP contribution in [-0.4, -0.2) is 49.1 Å². The van der Waals surface area contributed by atoms with Crippen LogP contribution in [0.25, 0.3) is 0 Å². The summed E-state index contributed by atoms with van der Waals surface area (Å²) in [5, 5.41) is 3.19. The summed E-state index contributed by atoms with van der Waals surface area (Å²) in [5.74, 6) is 2.37. The van der Waals surface area contributed by atoms with E-state index in [1.54, 1.807) is 20.3 Å². The zero-order chi connectivity index (χ0) is 28.4. The molecule has 4 aromatic rings. The Hall–Kier alpha value is -4.07. The molecular weight excluding hydrogens is 514 g/mol. The van der Waals surface area contributed by atoms with Crippen LogP contribution in [0.3, 0.4) is 0 Å². The van der Waals surface area contributed by atoms with Crippen molar-refractivity contribution in [3.8, 4) is 11.5 Å². The van der Waals surface area contributed by atoms with E-state index in [0.29, 0.717) is 30.3 Å². The van der Waals surface area contributed by atoms with Gasteiger partial charge in [0.1, 0.15) is 5.76 Å². The zero-order valence-corrected chi connectivity index (χ0v) is 23.9. The van der Waals surface area contributed by atoms with Gasteiger partial charge >= 0.3 is 0 Å². The molecule has 0 bridgehead atoms. The van der Waals surface area contributed by atoms with Crippen molar-refractivity contribution in [1.82, 2.24) is 15.1 Å². The van der Waals surface area contributed by atoms with Crippen LogP contribution in [-0.2, 0) is 26.2 Å². The molecule has 0 radical (unpaired) electrons. The van der Waals surface area contributed by atoms with E-state index in [2.05, 4.69) is 51.5 Å². The molecule has 1 N–H and O–H groups in total. The van der Waals surface area contributed by atoms with Crippen molar-refractivity contribution in [1.29, 1.82) is 0 Å². The van der Waals surface area contributed by atoms with Crippen LogP contribution in [0.1, 0.15) is 45.8 Å². The van der Waals surface area contributed by atoms with Crippen molar-refractivity contribution >= 4 is 5.91 Å². The first-order chi connectivity index (χ1) is 20.1. The van der Waals surface area contributed by atoms with Gasteiger partial charge in [0.25, 0.3) is 5.91 Å². The van der Waals surface area contributed by atoms with Gasteiger partial charge in [0.2, 0.25) is 0 Å². The number of likely N-dealkylation sites (tertiary alicyclic amines) is 1. The number of furan rings is 1. The molecule has 3 aromatic carbocycles. The molecule has 1 aliphatic rings. The van der Waals surface area contributed by atoms with Crippen molar-refractivity contribution in [2.75, 3.05) is 27.3 Å². The van der Waals surface area contributed by atoms with Gasteiger partial charge in [-0.05, 0) is 53.8 Å². The maximum atomic E-state index is 13.0. The number of nitrogens with one attached hydrogen (secondary N) is 1. The van der Waals surface area contributed by atoms with E-state index in [1.807, 2.05) is 48.5 Å². The number of benzene rings is 3. The minimum Gasteiger partial charge on any atom is -0.493 e. The minimum absolute atomic E-state index is 0.146. The maximum absolute atomic E-state index is 13.0. The molecule has 2 heterocycles. The summed E-state index contributed by atoms with van der Waals surface area (Å²) in [6.45, 7) is 4.86. The number of carbonyl (C=O) groups is 1. The predicted octanol–water partition coefficient (Wildman–Crippen LogP) is 5.89. The molecule has 0 unspecified atom stereocenters. The van der Waals surface area contributed by atoms with Crippen LogP contribution in [0.5, 0.6) is 11.5 Å². The fourth-order valence-electron chi connectivity index (χ4n) is 5.39. The van der Waals surface area contributed by atoms with E-state index in [9.17, 15) is 4.79 Å². The molecule has 5 rings (SSSR count). The highest BCUT2D eigenvalue weighted by atomic mass is 16.5. The molecule has 1 fully saturated rings. The summed E-state index contributed by atoms with van der Waals surface area (Å²) < 4.78 is 17.0. The van der Waals surface area contributed by atoms with E-state index in [4.69, 9.17) is 13.9 Å². The normalized spacial score (nSPS) is 14.2. The standard InChI is InChI=1S/C34H39N3O4/c1-39-31-15-13-28(21-33(31)40-2)24-37(23-27-11-7-4-8-12-27)25-30-14-16-32(41-30)34(38)35-29-17-19-36(20-18-29)22-26-9-5-3-6-10-26/h3-16,21,29H,17-20,22-25H2,1-2H3,(H,35,38). The van der Waals surface area contributed by atoms with Crippen LogP contribution < -0.4 is 14.8 Å². The van der Waals surface area contributed by atoms with Crippen molar-refractivity contribution in [2.24, 2.45) is 0 Å². The molecule has 41 heavy (non-hydrogen) atoms. The number of amides is 1. The third kappa shape index (κ3) is 7.99. The Kier molecular flexibility index (Phi) is 9.73. The number of rotatable bonds is 12. The van der Waals surface area contributed by atoms with Gasteiger partial charge in [0.15, 0.2) is 17.3 Å². The number of piperidine rings is 1. The van der Waals surface area contributed by atoms with Gasteiger partial charge in [-0.25, -0.2) is 0 Å². The van der Waals surface area contributed by atoms with Crippen molar-refractivity contribution in [3.05, 3.63) is 119 Å². The fraction of sp³-hybridized carbons (Fsp3) is 0.324. The third-order valence-corrected chi connectivity index (χ3v) is 7.54. The summed E-state index contributed by atoms with van der Waals surface area (Å²) in [5.41, 5.74) is 3.63. The van der Waals surface area contributed by atoms with Gasteiger partial charge in [0, 0.05) is 38.8 Å². The molecule has 0 saturated carbocycles. The topological polar surface area (TPSA) is 67.2 Å². The quantitative estimate of drug-likeness (QED) is 0.236. The summed E-state index contributed by atoms with van der Waals surface area (Å²) in [4.78, 5) is 17.8. The molecule has 7 nitrogen and oxygen atoms in total. The first kappa shape index (κ1) is 28.5. The highest BCUT2D eigenvalue weighted by Gasteiger charge is 2.23. The Labute approximate surface area is 242 Å². The average Bonchev–Trinajstić information content (AvgIpc) is 3.48.